The molecule has 0 radical (unpaired) electrons. The van der Waals surface area contributed by atoms with Crippen LogP contribution in [-0.2, 0) is 18.4 Å². The molecule has 5 aromatic rings. The number of nitriles is 1. The number of benzene rings is 1. The maximum absolute atomic E-state index is 11.6. The fourth-order valence-electron chi connectivity index (χ4n) is 4.21. The van der Waals surface area contributed by atoms with Crippen molar-refractivity contribution in [3.05, 3.63) is 94.6 Å². The molecule has 188 valence electrons. The molecule has 0 aliphatic heterocycles. The van der Waals surface area contributed by atoms with Crippen molar-refractivity contribution in [2.75, 3.05) is 5.32 Å². The van der Waals surface area contributed by atoms with Crippen LogP contribution < -0.4 is 9.88 Å². The van der Waals surface area contributed by atoms with E-state index < -0.39 is 0 Å². The van der Waals surface area contributed by atoms with Crippen LogP contribution in [0.3, 0.4) is 0 Å². The van der Waals surface area contributed by atoms with Crippen LogP contribution in [0.25, 0.3) is 32.3 Å². The minimum Gasteiger partial charge on any atom is -0.320 e. The Morgan fingerprint density at radius 3 is 2.71 bits per heavy atom. The number of hydrogen-bond donors (Lipinski definition) is 1. The van der Waals surface area contributed by atoms with Crippen LogP contribution in [0.4, 0.5) is 5.82 Å². The van der Waals surface area contributed by atoms with E-state index in [-0.39, 0.29) is 5.91 Å². The third-order valence-corrected chi connectivity index (χ3v) is 7.74. The standard InChI is InChI=1S/C28H20Cl2N6OS/c1-17(37)34-24-13-18(8-9-32-24)26-22(15-31)25(21-7-6-19(29)14-23(21)30)27(38-26)28-33-10-12-36(28)16-20-5-3-4-11-35(20)2/h3-14H,16H2,1-2H3/p+1. The lowest BCUT2D eigenvalue weighted by molar-refractivity contribution is -0.679. The van der Waals surface area contributed by atoms with Gasteiger partial charge in [-0.2, -0.15) is 5.26 Å². The Kier molecular flexibility index (Phi) is 7.25. The van der Waals surface area contributed by atoms with Gasteiger partial charge in [0.1, 0.15) is 25.5 Å². The van der Waals surface area contributed by atoms with Crippen LogP contribution in [-0.4, -0.2) is 20.4 Å². The van der Waals surface area contributed by atoms with E-state index in [0.29, 0.717) is 44.9 Å². The van der Waals surface area contributed by atoms with Gasteiger partial charge in [0, 0.05) is 58.8 Å². The van der Waals surface area contributed by atoms with Crippen LogP contribution >= 0.6 is 34.5 Å². The monoisotopic (exact) mass is 559 g/mol. The zero-order chi connectivity index (χ0) is 26.8. The Labute approximate surface area is 233 Å². The predicted molar refractivity (Wildman–Crippen MR) is 150 cm³/mol. The maximum Gasteiger partial charge on any atom is 0.222 e. The zero-order valence-corrected chi connectivity index (χ0v) is 22.8. The number of rotatable bonds is 6. The number of carbonyl (C=O) groups is 1. The number of halogens is 2. The summed E-state index contributed by atoms with van der Waals surface area (Å²) in [7, 11) is 2.00. The molecule has 0 aliphatic rings. The Balaban J connectivity index is 1.74. The molecule has 0 unspecified atom stereocenters. The first-order valence-electron chi connectivity index (χ1n) is 11.6. The van der Waals surface area contributed by atoms with E-state index in [0.717, 1.165) is 21.0 Å². The molecule has 0 bridgehead atoms. The first-order chi connectivity index (χ1) is 18.4. The van der Waals surface area contributed by atoms with Gasteiger partial charge in [0.2, 0.25) is 11.6 Å². The summed E-state index contributed by atoms with van der Waals surface area (Å²) in [5.41, 5.74) is 3.65. The number of hydrogen-bond acceptors (Lipinski definition) is 5. The molecule has 7 nitrogen and oxygen atoms in total. The SMILES string of the molecule is CC(=O)Nc1cc(-c2sc(-c3nccn3Cc3cccc[n+]3C)c(-c3ccc(Cl)cc3Cl)c2C#N)ccn1. The molecule has 0 saturated heterocycles. The normalized spacial score (nSPS) is 10.8. The molecule has 0 saturated carbocycles. The number of thiophene rings is 1. The number of anilines is 1. The Morgan fingerprint density at radius 2 is 1.97 bits per heavy atom. The van der Waals surface area contributed by atoms with Crippen LogP contribution in [0, 0.1) is 11.3 Å². The third-order valence-electron chi connectivity index (χ3n) is 5.96. The number of amides is 1. The van der Waals surface area contributed by atoms with Gasteiger partial charge >= 0.3 is 0 Å². The first-order valence-corrected chi connectivity index (χ1v) is 13.1. The van der Waals surface area contributed by atoms with Crippen LogP contribution in [0.15, 0.2) is 73.3 Å². The zero-order valence-electron chi connectivity index (χ0n) is 20.4. The highest BCUT2D eigenvalue weighted by atomic mass is 35.5. The highest BCUT2D eigenvalue weighted by Gasteiger charge is 2.26. The summed E-state index contributed by atoms with van der Waals surface area (Å²) < 4.78 is 4.11. The Bertz CT molecular complexity index is 1720. The van der Waals surface area contributed by atoms with Gasteiger partial charge in [0.25, 0.3) is 0 Å². The van der Waals surface area contributed by atoms with Gasteiger partial charge in [0.15, 0.2) is 12.0 Å². The first kappa shape index (κ1) is 25.6. The summed E-state index contributed by atoms with van der Waals surface area (Å²) in [6.45, 7) is 2.00. The molecule has 0 fully saturated rings. The molecule has 1 amide bonds. The molecule has 5 rings (SSSR count). The fourth-order valence-corrected chi connectivity index (χ4v) is 5.99. The summed E-state index contributed by atoms with van der Waals surface area (Å²) >= 11 is 14.3. The van der Waals surface area contributed by atoms with Gasteiger partial charge in [-0.3, -0.25) is 4.79 Å². The summed E-state index contributed by atoms with van der Waals surface area (Å²) in [4.78, 5) is 22.1. The van der Waals surface area contributed by atoms with Crippen molar-refractivity contribution in [3.63, 3.8) is 0 Å². The van der Waals surface area contributed by atoms with Crippen LogP contribution in [0.1, 0.15) is 18.2 Å². The summed E-state index contributed by atoms with van der Waals surface area (Å²) in [6.07, 6.45) is 7.27. The van der Waals surface area contributed by atoms with E-state index in [1.54, 1.807) is 30.6 Å². The van der Waals surface area contributed by atoms with Gasteiger partial charge in [0.05, 0.1) is 15.3 Å². The van der Waals surface area contributed by atoms with Crippen LogP contribution in [0.2, 0.25) is 10.0 Å². The molecular formula is C28H21Cl2N6OS+. The number of carbonyl (C=O) groups excluding carboxylic acids is 1. The van der Waals surface area contributed by atoms with Gasteiger partial charge in [-0.25, -0.2) is 14.5 Å². The van der Waals surface area contributed by atoms with Crippen molar-refractivity contribution in [1.82, 2.24) is 14.5 Å². The molecule has 1 aromatic carbocycles. The number of aryl methyl sites for hydroxylation is 1. The molecule has 38 heavy (non-hydrogen) atoms. The number of nitrogens with zero attached hydrogens (tertiary/aromatic N) is 5. The second-order valence-corrected chi connectivity index (χ2v) is 10.4. The predicted octanol–water partition coefficient (Wildman–Crippen LogP) is 6.35. The number of imidazole rings is 1. The van der Waals surface area contributed by atoms with E-state index in [9.17, 15) is 10.1 Å². The molecule has 0 aliphatic carbocycles. The largest absolute Gasteiger partial charge is 0.320 e. The molecule has 4 heterocycles. The van der Waals surface area contributed by atoms with Gasteiger partial charge in [-0.1, -0.05) is 35.3 Å². The highest BCUT2D eigenvalue weighted by Crippen LogP contribution is 2.48. The van der Waals surface area contributed by atoms with Crippen molar-refractivity contribution in [3.8, 4) is 38.3 Å². The highest BCUT2D eigenvalue weighted by molar-refractivity contribution is 7.19. The van der Waals surface area contributed by atoms with E-state index in [2.05, 4.69) is 31.6 Å². The van der Waals surface area contributed by atoms with Gasteiger partial charge in [-0.15, -0.1) is 11.3 Å². The smallest absolute Gasteiger partial charge is 0.222 e. The minimum atomic E-state index is -0.230. The molecule has 4 aromatic heterocycles. The summed E-state index contributed by atoms with van der Waals surface area (Å²) in [5, 5.41) is 14.0. The van der Waals surface area contributed by atoms with Crippen molar-refractivity contribution < 1.29 is 9.36 Å². The number of pyridine rings is 2. The lowest BCUT2D eigenvalue weighted by Crippen LogP contribution is -2.33. The van der Waals surface area contributed by atoms with E-state index >= 15 is 0 Å². The van der Waals surface area contributed by atoms with Crippen molar-refractivity contribution in [2.45, 2.75) is 13.5 Å². The van der Waals surface area contributed by atoms with E-state index in [4.69, 9.17) is 28.2 Å². The molecular weight excluding hydrogens is 539 g/mol. The second kappa shape index (κ2) is 10.8. The molecule has 10 heteroatoms. The average Bonchev–Trinajstić information content (AvgIpc) is 3.49. The van der Waals surface area contributed by atoms with E-state index in [1.165, 1.54) is 18.3 Å². The van der Waals surface area contributed by atoms with Crippen molar-refractivity contribution in [2.24, 2.45) is 7.05 Å². The average molecular weight is 560 g/mol. The van der Waals surface area contributed by atoms with Crippen LogP contribution in [0.5, 0.6) is 0 Å². The van der Waals surface area contributed by atoms with Gasteiger partial charge < -0.3 is 9.88 Å². The number of nitrogens with one attached hydrogen (secondary N) is 1. The minimum absolute atomic E-state index is 0.230. The molecule has 0 spiro atoms. The summed E-state index contributed by atoms with van der Waals surface area (Å²) in [5.74, 6) is 0.878. The fraction of sp³-hybridized carbons (Fsp3) is 0.107. The summed E-state index contributed by atoms with van der Waals surface area (Å²) in [6, 6.07) is 17.2. The molecule has 0 atom stereocenters. The van der Waals surface area contributed by atoms with Gasteiger partial charge in [-0.05, 0) is 29.8 Å². The lowest BCUT2D eigenvalue weighted by Gasteiger charge is -2.10. The molecule has 1 N–H and O–H groups in total. The number of aromatic nitrogens is 4. The maximum atomic E-state index is 11.6. The Hall–Kier alpha value is -4.03. The van der Waals surface area contributed by atoms with Crippen molar-refractivity contribution >= 4 is 46.3 Å². The quantitative estimate of drug-likeness (QED) is 0.245. The topological polar surface area (TPSA) is 87.5 Å². The van der Waals surface area contributed by atoms with E-state index in [1.807, 2.05) is 43.7 Å². The lowest BCUT2D eigenvalue weighted by atomic mass is 9.98. The van der Waals surface area contributed by atoms with Crippen molar-refractivity contribution in [1.29, 1.82) is 5.26 Å². The Morgan fingerprint density at radius 1 is 1.13 bits per heavy atom. The second-order valence-electron chi connectivity index (χ2n) is 8.54. The third kappa shape index (κ3) is 5.04.